The molecule has 1 aromatic heterocycles. The molecule has 0 fully saturated rings. The van der Waals surface area contributed by atoms with E-state index in [-0.39, 0.29) is 5.91 Å². The van der Waals surface area contributed by atoms with E-state index >= 15 is 0 Å². The summed E-state index contributed by atoms with van der Waals surface area (Å²) in [5.41, 5.74) is 2.75. The molecule has 0 saturated carbocycles. The lowest BCUT2D eigenvalue weighted by Crippen LogP contribution is -2.12. The number of carbonyl (C=O) groups is 2. The molecule has 126 valence electrons. The van der Waals surface area contributed by atoms with E-state index in [2.05, 4.69) is 5.32 Å². The van der Waals surface area contributed by atoms with Crippen molar-refractivity contribution in [3.63, 3.8) is 0 Å². The Morgan fingerprint density at radius 3 is 2.75 bits per heavy atom. The first-order valence-corrected chi connectivity index (χ1v) is 8.67. The molecule has 0 radical (unpaired) electrons. The van der Waals surface area contributed by atoms with Gasteiger partial charge in [-0.25, -0.2) is 0 Å². The van der Waals surface area contributed by atoms with Crippen LogP contribution in [0.4, 0.5) is 5.69 Å². The maximum atomic E-state index is 12.4. The van der Waals surface area contributed by atoms with Crippen LogP contribution in [0.2, 0.25) is 0 Å². The number of hydrogen-bond acceptors (Lipinski definition) is 4. The van der Waals surface area contributed by atoms with Gasteiger partial charge in [0.2, 0.25) is 0 Å². The van der Waals surface area contributed by atoms with Crippen molar-refractivity contribution >= 4 is 28.9 Å². The SMILES string of the molecule is CC(Cc1ccc(NC(=O)c2cc3c(s2)CCOC3)cc1)C(=O)O. The van der Waals surface area contributed by atoms with Crippen molar-refractivity contribution in [3.8, 4) is 0 Å². The van der Waals surface area contributed by atoms with Crippen LogP contribution in [0.3, 0.4) is 0 Å². The van der Waals surface area contributed by atoms with Gasteiger partial charge in [-0.1, -0.05) is 19.1 Å². The molecule has 1 aromatic carbocycles. The number of amides is 1. The second-order valence-corrected chi connectivity index (χ2v) is 7.09. The number of carbonyl (C=O) groups excluding carboxylic acids is 1. The standard InChI is InChI=1S/C18H19NO4S/c1-11(18(21)22)8-12-2-4-14(5-3-12)19-17(20)16-9-13-10-23-7-6-15(13)24-16/h2-5,9,11H,6-8,10H2,1H3,(H,19,20)(H,21,22). The quantitative estimate of drug-likeness (QED) is 0.871. The molecule has 2 heterocycles. The van der Waals surface area contributed by atoms with Crippen LogP contribution in [0, 0.1) is 5.92 Å². The van der Waals surface area contributed by atoms with Crippen LogP contribution in [0.1, 0.15) is 32.6 Å². The predicted molar refractivity (Wildman–Crippen MR) is 92.6 cm³/mol. The second-order valence-electron chi connectivity index (χ2n) is 5.96. The third-order valence-corrected chi connectivity index (χ3v) is 5.26. The summed E-state index contributed by atoms with van der Waals surface area (Å²) >= 11 is 1.52. The van der Waals surface area contributed by atoms with E-state index in [1.807, 2.05) is 18.2 Å². The summed E-state index contributed by atoms with van der Waals surface area (Å²) in [5, 5.41) is 11.8. The summed E-state index contributed by atoms with van der Waals surface area (Å²) in [4.78, 5) is 25.2. The summed E-state index contributed by atoms with van der Waals surface area (Å²) in [6.07, 6.45) is 1.34. The third-order valence-electron chi connectivity index (χ3n) is 4.03. The summed E-state index contributed by atoms with van der Waals surface area (Å²) in [6.45, 7) is 2.97. The largest absolute Gasteiger partial charge is 0.481 e. The minimum absolute atomic E-state index is 0.124. The van der Waals surface area contributed by atoms with Crippen molar-refractivity contribution in [3.05, 3.63) is 51.2 Å². The fraction of sp³-hybridized carbons (Fsp3) is 0.333. The van der Waals surface area contributed by atoms with Crippen molar-refractivity contribution in [1.29, 1.82) is 0 Å². The third kappa shape index (κ3) is 3.83. The van der Waals surface area contributed by atoms with Crippen molar-refractivity contribution in [1.82, 2.24) is 0 Å². The fourth-order valence-electron chi connectivity index (χ4n) is 2.62. The zero-order valence-electron chi connectivity index (χ0n) is 13.4. The number of ether oxygens (including phenoxy) is 1. The average molecular weight is 345 g/mol. The van der Waals surface area contributed by atoms with E-state index in [0.29, 0.717) is 30.2 Å². The van der Waals surface area contributed by atoms with Crippen molar-refractivity contribution in [2.45, 2.75) is 26.4 Å². The van der Waals surface area contributed by atoms with Gasteiger partial charge >= 0.3 is 5.97 Å². The van der Waals surface area contributed by atoms with Crippen LogP contribution in [0.25, 0.3) is 0 Å². The number of benzene rings is 1. The Hall–Kier alpha value is -2.18. The van der Waals surface area contributed by atoms with Gasteiger partial charge in [0, 0.05) is 17.0 Å². The minimum atomic E-state index is -0.807. The maximum Gasteiger partial charge on any atom is 0.306 e. The fourth-order valence-corrected chi connectivity index (χ4v) is 3.66. The van der Waals surface area contributed by atoms with E-state index in [9.17, 15) is 9.59 Å². The molecule has 1 unspecified atom stereocenters. The molecular formula is C18H19NO4S. The van der Waals surface area contributed by atoms with Gasteiger partial charge in [0.05, 0.1) is 24.0 Å². The van der Waals surface area contributed by atoms with Gasteiger partial charge in [0.25, 0.3) is 5.91 Å². The Morgan fingerprint density at radius 1 is 1.33 bits per heavy atom. The smallest absolute Gasteiger partial charge is 0.306 e. The van der Waals surface area contributed by atoms with Gasteiger partial charge in [-0.3, -0.25) is 9.59 Å². The molecule has 1 amide bonds. The number of thiophene rings is 1. The van der Waals surface area contributed by atoms with E-state index in [1.165, 1.54) is 16.2 Å². The molecule has 24 heavy (non-hydrogen) atoms. The molecule has 1 atom stereocenters. The Bertz CT molecular complexity index is 727. The molecule has 5 nitrogen and oxygen atoms in total. The number of carboxylic acid groups (broad SMARTS) is 1. The molecule has 0 bridgehead atoms. The topological polar surface area (TPSA) is 75.6 Å². The minimum Gasteiger partial charge on any atom is -0.481 e. The normalized spacial score (nSPS) is 14.7. The number of aliphatic carboxylic acids is 1. The lowest BCUT2D eigenvalue weighted by atomic mass is 10.0. The van der Waals surface area contributed by atoms with Crippen LogP contribution in [-0.4, -0.2) is 23.6 Å². The zero-order chi connectivity index (χ0) is 17.1. The lowest BCUT2D eigenvalue weighted by molar-refractivity contribution is -0.141. The molecule has 0 saturated heterocycles. The Kier molecular flexibility index (Phi) is 4.97. The Morgan fingerprint density at radius 2 is 2.08 bits per heavy atom. The van der Waals surface area contributed by atoms with Crippen molar-refractivity contribution in [2.24, 2.45) is 5.92 Å². The Labute approximate surface area is 144 Å². The van der Waals surface area contributed by atoms with Gasteiger partial charge in [0.15, 0.2) is 0 Å². The highest BCUT2D eigenvalue weighted by atomic mass is 32.1. The number of rotatable bonds is 5. The molecule has 2 N–H and O–H groups in total. The van der Waals surface area contributed by atoms with E-state index in [0.717, 1.165) is 17.5 Å². The van der Waals surface area contributed by atoms with Gasteiger partial charge in [0.1, 0.15) is 0 Å². The molecule has 3 rings (SSSR count). The van der Waals surface area contributed by atoms with Gasteiger partial charge in [-0.15, -0.1) is 11.3 Å². The monoisotopic (exact) mass is 345 g/mol. The molecule has 2 aromatic rings. The summed E-state index contributed by atoms with van der Waals surface area (Å²) in [5.74, 6) is -1.36. The summed E-state index contributed by atoms with van der Waals surface area (Å²) in [7, 11) is 0. The molecule has 0 spiro atoms. The first kappa shape index (κ1) is 16.7. The summed E-state index contributed by atoms with van der Waals surface area (Å²) < 4.78 is 5.40. The predicted octanol–water partition coefficient (Wildman–Crippen LogP) is 3.34. The van der Waals surface area contributed by atoms with Gasteiger partial charge in [-0.05, 0) is 35.7 Å². The summed E-state index contributed by atoms with van der Waals surface area (Å²) in [6, 6.07) is 9.21. The number of nitrogens with one attached hydrogen (secondary N) is 1. The van der Waals surface area contributed by atoms with Crippen molar-refractivity contribution < 1.29 is 19.4 Å². The number of hydrogen-bond donors (Lipinski definition) is 2. The van der Waals surface area contributed by atoms with Crippen LogP contribution in [-0.2, 0) is 29.0 Å². The van der Waals surface area contributed by atoms with Gasteiger partial charge in [-0.2, -0.15) is 0 Å². The number of anilines is 1. The van der Waals surface area contributed by atoms with E-state index < -0.39 is 11.9 Å². The van der Waals surface area contributed by atoms with Crippen LogP contribution >= 0.6 is 11.3 Å². The molecular weight excluding hydrogens is 326 g/mol. The van der Waals surface area contributed by atoms with Crippen LogP contribution < -0.4 is 5.32 Å². The number of fused-ring (bicyclic) bond motifs is 1. The maximum absolute atomic E-state index is 12.4. The molecule has 1 aliphatic heterocycles. The first-order chi connectivity index (χ1) is 11.5. The Balaban J connectivity index is 1.64. The molecule has 6 heteroatoms. The van der Waals surface area contributed by atoms with Crippen LogP contribution in [0.5, 0.6) is 0 Å². The highest BCUT2D eigenvalue weighted by molar-refractivity contribution is 7.14. The van der Waals surface area contributed by atoms with E-state index in [1.54, 1.807) is 19.1 Å². The van der Waals surface area contributed by atoms with Crippen molar-refractivity contribution in [2.75, 3.05) is 11.9 Å². The second kappa shape index (κ2) is 7.15. The lowest BCUT2D eigenvalue weighted by Gasteiger charge is -2.10. The van der Waals surface area contributed by atoms with E-state index in [4.69, 9.17) is 9.84 Å². The zero-order valence-corrected chi connectivity index (χ0v) is 14.2. The molecule has 1 aliphatic rings. The molecule has 0 aliphatic carbocycles. The average Bonchev–Trinajstić information content (AvgIpc) is 3.00. The van der Waals surface area contributed by atoms with Gasteiger partial charge < -0.3 is 15.2 Å². The highest BCUT2D eigenvalue weighted by Gasteiger charge is 2.18. The number of carboxylic acids is 1. The van der Waals surface area contributed by atoms with Crippen LogP contribution in [0.15, 0.2) is 30.3 Å². The first-order valence-electron chi connectivity index (χ1n) is 7.85. The highest BCUT2D eigenvalue weighted by Crippen LogP contribution is 2.27.